The summed E-state index contributed by atoms with van der Waals surface area (Å²) in [5, 5.41) is 20.6. The average Bonchev–Trinajstić information content (AvgIpc) is 2.49. The van der Waals surface area contributed by atoms with E-state index in [-0.39, 0.29) is 24.7 Å². The van der Waals surface area contributed by atoms with Crippen LogP contribution >= 0.6 is 0 Å². The van der Waals surface area contributed by atoms with Gasteiger partial charge in [-0.25, -0.2) is 0 Å². The second kappa shape index (κ2) is 8.56. The number of benzene rings is 1. The SMILES string of the molecule is NC(=O)[C@H](Cc1ccc(O)cc1)NC(=O)C(CN=C(N)N)NO. The first-order valence-electron chi connectivity index (χ1n) is 6.66. The Labute approximate surface area is 132 Å². The molecule has 0 fully saturated rings. The summed E-state index contributed by atoms with van der Waals surface area (Å²) in [6, 6.07) is 3.95. The number of carbonyl (C=O) groups excluding carboxylic acids is 2. The number of nitrogens with zero attached hydrogens (tertiary/aromatic N) is 1. The van der Waals surface area contributed by atoms with Gasteiger partial charge in [0.25, 0.3) is 0 Å². The van der Waals surface area contributed by atoms with Crippen LogP contribution in [0.15, 0.2) is 29.3 Å². The number of nitrogens with one attached hydrogen (secondary N) is 2. The van der Waals surface area contributed by atoms with E-state index in [1.807, 2.05) is 0 Å². The minimum atomic E-state index is -1.14. The van der Waals surface area contributed by atoms with E-state index in [1.54, 1.807) is 17.6 Å². The number of phenols is 1. The van der Waals surface area contributed by atoms with Gasteiger partial charge in [-0.15, -0.1) is 0 Å². The van der Waals surface area contributed by atoms with Crippen LogP contribution < -0.4 is 28.0 Å². The number of nitrogens with two attached hydrogens (primary N) is 3. The van der Waals surface area contributed by atoms with Gasteiger partial charge in [0.1, 0.15) is 17.8 Å². The molecule has 0 saturated carbocycles. The summed E-state index contributed by atoms with van der Waals surface area (Å²) in [7, 11) is 0. The van der Waals surface area contributed by atoms with Crippen molar-refractivity contribution in [3.63, 3.8) is 0 Å². The van der Waals surface area contributed by atoms with Gasteiger partial charge in [0.05, 0.1) is 6.54 Å². The first-order valence-corrected chi connectivity index (χ1v) is 6.66. The van der Waals surface area contributed by atoms with Gasteiger partial charge in [-0.2, -0.15) is 5.48 Å². The molecule has 0 spiro atoms. The molecule has 2 amide bonds. The maximum atomic E-state index is 12.0. The number of phenolic OH excluding ortho intramolecular Hbond substituents is 1. The number of aromatic hydroxyl groups is 1. The monoisotopic (exact) mass is 324 g/mol. The van der Waals surface area contributed by atoms with Crippen LogP contribution in [0.1, 0.15) is 5.56 Å². The van der Waals surface area contributed by atoms with E-state index in [0.717, 1.165) is 0 Å². The van der Waals surface area contributed by atoms with E-state index in [9.17, 15) is 14.7 Å². The number of hydroxylamine groups is 1. The van der Waals surface area contributed by atoms with Crippen LogP contribution in [0.3, 0.4) is 0 Å². The van der Waals surface area contributed by atoms with Crippen LogP contribution in [0, 0.1) is 0 Å². The maximum absolute atomic E-state index is 12.0. The Morgan fingerprint density at radius 2 is 1.74 bits per heavy atom. The zero-order chi connectivity index (χ0) is 17.4. The third-order valence-electron chi connectivity index (χ3n) is 2.96. The molecular formula is C13H20N6O4. The largest absolute Gasteiger partial charge is 0.508 e. The summed E-state index contributed by atoms with van der Waals surface area (Å²) in [5.74, 6) is -1.60. The third-order valence-corrected chi connectivity index (χ3v) is 2.96. The van der Waals surface area contributed by atoms with Gasteiger partial charge < -0.3 is 32.8 Å². The lowest BCUT2D eigenvalue weighted by molar-refractivity contribution is -0.130. The van der Waals surface area contributed by atoms with Gasteiger partial charge >= 0.3 is 0 Å². The van der Waals surface area contributed by atoms with Crippen molar-refractivity contribution in [2.24, 2.45) is 22.2 Å². The molecule has 0 aliphatic heterocycles. The second-order valence-electron chi connectivity index (χ2n) is 4.78. The fraction of sp³-hybridized carbons (Fsp3) is 0.308. The van der Waals surface area contributed by atoms with Crippen LogP contribution in [0.25, 0.3) is 0 Å². The predicted octanol–water partition coefficient (Wildman–Crippen LogP) is -2.47. The molecule has 0 heterocycles. The maximum Gasteiger partial charge on any atom is 0.242 e. The standard InChI is InChI=1S/C13H20N6O4/c14-11(21)9(5-7-1-3-8(20)4-2-7)18-12(22)10(19-23)6-17-13(15)16/h1-4,9-10,19-20,23H,5-6H2,(H2,14,21)(H,18,22)(H4,15,16,17)/t9-,10?/m0/s1. The molecule has 10 heteroatoms. The first kappa shape index (κ1) is 18.2. The molecule has 0 saturated heterocycles. The number of hydrogen-bond donors (Lipinski definition) is 7. The van der Waals surface area contributed by atoms with E-state index < -0.39 is 23.9 Å². The molecule has 1 unspecified atom stereocenters. The van der Waals surface area contributed by atoms with Gasteiger partial charge in [0.15, 0.2) is 5.96 Å². The number of guanidine groups is 1. The van der Waals surface area contributed by atoms with Crippen molar-refractivity contribution in [1.82, 2.24) is 10.8 Å². The summed E-state index contributed by atoms with van der Waals surface area (Å²) < 4.78 is 0. The zero-order valence-corrected chi connectivity index (χ0v) is 12.3. The van der Waals surface area contributed by atoms with Crippen LogP contribution in [-0.4, -0.2) is 46.7 Å². The lowest BCUT2D eigenvalue weighted by Gasteiger charge is -2.19. The van der Waals surface area contributed by atoms with Crippen molar-refractivity contribution in [2.75, 3.05) is 6.54 Å². The number of aliphatic imine (C=N–C) groups is 1. The topological polar surface area (TPSA) is 189 Å². The second-order valence-corrected chi connectivity index (χ2v) is 4.78. The molecule has 1 aromatic rings. The van der Waals surface area contributed by atoms with E-state index >= 15 is 0 Å². The molecule has 0 radical (unpaired) electrons. The molecular weight excluding hydrogens is 304 g/mol. The number of amides is 2. The number of carbonyl (C=O) groups is 2. The Hall–Kier alpha value is -2.85. The molecule has 2 atom stereocenters. The Morgan fingerprint density at radius 1 is 1.13 bits per heavy atom. The van der Waals surface area contributed by atoms with Gasteiger partial charge in [-0.05, 0) is 17.7 Å². The van der Waals surface area contributed by atoms with Crippen LogP contribution in [0.5, 0.6) is 5.75 Å². The minimum absolute atomic E-state index is 0.0789. The first-order chi connectivity index (χ1) is 10.8. The lowest BCUT2D eigenvalue weighted by Crippen LogP contribution is -2.53. The van der Waals surface area contributed by atoms with E-state index in [0.29, 0.717) is 5.56 Å². The Balaban J connectivity index is 2.74. The number of primary amides is 1. The van der Waals surface area contributed by atoms with Gasteiger partial charge in [0, 0.05) is 6.42 Å². The van der Waals surface area contributed by atoms with Gasteiger partial charge in [0.2, 0.25) is 11.8 Å². The van der Waals surface area contributed by atoms with E-state index in [1.165, 1.54) is 12.1 Å². The van der Waals surface area contributed by atoms with Crippen molar-refractivity contribution >= 4 is 17.8 Å². The molecule has 10 nitrogen and oxygen atoms in total. The fourth-order valence-electron chi connectivity index (χ4n) is 1.74. The molecule has 0 aliphatic rings. The molecule has 1 aromatic carbocycles. The molecule has 0 bridgehead atoms. The normalized spacial score (nSPS) is 12.9. The molecule has 0 aromatic heterocycles. The van der Waals surface area contributed by atoms with Gasteiger partial charge in [-0.3, -0.25) is 14.6 Å². The van der Waals surface area contributed by atoms with Crippen LogP contribution in [0.2, 0.25) is 0 Å². The molecule has 23 heavy (non-hydrogen) atoms. The lowest BCUT2D eigenvalue weighted by atomic mass is 10.0. The number of hydrogen-bond acceptors (Lipinski definition) is 6. The van der Waals surface area contributed by atoms with Crippen molar-refractivity contribution in [2.45, 2.75) is 18.5 Å². The summed E-state index contributed by atoms with van der Waals surface area (Å²) in [5.41, 5.74) is 18.0. The smallest absolute Gasteiger partial charge is 0.242 e. The summed E-state index contributed by atoms with van der Waals surface area (Å²) >= 11 is 0. The molecule has 10 N–H and O–H groups in total. The highest BCUT2D eigenvalue weighted by atomic mass is 16.5. The minimum Gasteiger partial charge on any atom is -0.508 e. The highest BCUT2D eigenvalue weighted by Gasteiger charge is 2.24. The Morgan fingerprint density at radius 3 is 2.22 bits per heavy atom. The van der Waals surface area contributed by atoms with Crippen LogP contribution in [-0.2, 0) is 16.0 Å². The zero-order valence-electron chi connectivity index (χ0n) is 12.3. The summed E-state index contributed by atoms with van der Waals surface area (Å²) in [6.45, 7) is -0.213. The van der Waals surface area contributed by atoms with Crippen molar-refractivity contribution in [3.8, 4) is 5.75 Å². The predicted molar refractivity (Wildman–Crippen MR) is 82.3 cm³/mol. The molecule has 1 rings (SSSR count). The van der Waals surface area contributed by atoms with Crippen LogP contribution in [0.4, 0.5) is 0 Å². The quantitative estimate of drug-likeness (QED) is 0.156. The number of rotatable bonds is 8. The highest BCUT2D eigenvalue weighted by Crippen LogP contribution is 2.11. The van der Waals surface area contributed by atoms with Gasteiger partial charge in [-0.1, -0.05) is 12.1 Å². The highest BCUT2D eigenvalue weighted by molar-refractivity contribution is 5.89. The summed E-state index contributed by atoms with van der Waals surface area (Å²) in [6.07, 6.45) is 0.127. The molecule has 0 aliphatic carbocycles. The summed E-state index contributed by atoms with van der Waals surface area (Å²) in [4.78, 5) is 27.1. The molecule has 126 valence electrons. The van der Waals surface area contributed by atoms with Crippen molar-refractivity contribution < 1.29 is 19.9 Å². The van der Waals surface area contributed by atoms with Crippen molar-refractivity contribution in [3.05, 3.63) is 29.8 Å². The Bertz CT molecular complexity index is 570. The van der Waals surface area contributed by atoms with E-state index in [2.05, 4.69) is 10.3 Å². The van der Waals surface area contributed by atoms with E-state index in [4.69, 9.17) is 22.4 Å². The fourth-order valence-corrected chi connectivity index (χ4v) is 1.74. The third kappa shape index (κ3) is 6.20. The van der Waals surface area contributed by atoms with Crippen molar-refractivity contribution in [1.29, 1.82) is 0 Å². The Kier molecular flexibility index (Phi) is 6.77. The average molecular weight is 324 g/mol.